The molecule has 7 nitrogen and oxygen atoms in total. The number of para-hydroxylation sites is 1. The third-order valence-corrected chi connectivity index (χ3v) is 6.47. The van der Waals surface area contributed by atoms with Crippen molar-refractivity contribution in [1.29, 1.82) is 0 Å². The summed E-state index contributed by atoms with van der Waals surface area (Å²) in [6.45, 7) is 16.7. The SMILES string of the molecule is CCc1ccc(C(C(=O)Nc2ccccc2C)N(C(=O)C(C)NC(=O)OC(C)(C)C)C(C)(C)CC)cc1. The van der Waals surface area contributed by atoms with Gasteiger partial charge in [0, 0.05) is 11.2 Å². The van der Waals surface area contributed by atoms with Gasteiger partial charge in [-0.2, -0.15) is 0 Å². The number of benzene rings is 2. The summed E-state index contributed by atoms with van der Waals surface area (Å²) in [5.41, 5.74) is 2.04. The van der Waals surface area contributed by atoms with Crippen molar-refractivity contribution in [2.45, 2.75) is 98.4 Å². The molecule has 37 heavy (non-hydrogen) atoms. The fraction of sp³-hybridized carbons (Fsp3) is 0.500. The van der Waals surface area contributed by atoms with E-state index in [0.29, 0.717) is 17.7 Å². The second kappa shape index (κ2) is 12.3. The number of anilines is 1. The van der Waals surface area contributed by atoms with Crippen molar-refractivity contribution in [3.8, 4) is 0 Å². The highest BCUT2D eigenvalue weighted by molar-refractivity contribution is 5.99. The van der Waals surface area contributed by atoms with Gasteiger partial charge in [-0.15, -0.1) is 0 Å². The molecule has 0 aliphatic heterocycles. The largest absolute Gasteiger partial charge is 0.444 e. The first-order valence-electron chi connectivity index (χ1n) is 13.0. The first-order valence-corrected chi connectivity index (χ1v) is 13.0. The van der Waals surface area contributed by atoms with E-state index in [1.807, 2.05) is 76.2 Å². The Bertz CT molecular complexity index is 1090. The summed E-state index contributed by atoms with van der Waals surface area (Å²) in [5, 5.41) is 5.69. The summed E-state index contributed by atoms with van der Waals surface area (Å²) in [5.74, 6) is -0.694. The highest BCUT2D eigenvalue weighted by atomic mass is 16.6. The number of aryl methyl sites for hydroxylation is 2. The Hall–Kier alpha value is -3.35. The number of carbonyl (C=O) groups excluding carboxylic acids is 3. The van der Waals surface area contributed by atoms with Crippen LogP contribution in [0.5, 0.6) is 0 Å². The molecule has 7 heteroatoms. The third kappa shape index (κ3) is 8.07. The lowest BCUT2D eigenvalue weighted by Gasteiger charge is -2.44. The number of hydrogen-bond acceptors (Lipinski definition) is 4. The Kier molecular flexibility index (Phi) is 9.90. The van der Waals surface area contributed by atoms with Crippen LogP contribution in [-0.2, 0) is 20.7 Å². The lowest BCUT2D eigenvalue weighted by molar-refractivity contribution is -0.147. The normalized spacial score (nSPS) is 13.3. The van der Waals surface area contributed by atoms with Crippen molar-refractivity contribution in [1.82, 2.24) is 10.2 Å². The summed E-state index contributed by atoms with van der Waals surface area (Å²) in [4.78, 5) is 42.0. The Morgan fingerprint density at radius 2 is 1.54 bits per heavy atom. The maximum Gasteiger partial charge on any atom is 0.408 e. The van der Waals surface area contributed by atoms with Crippen LogP contribution in [0.2, 0.25) is 0 Å². The van der Waals surface area contributed by atoms with Crippen LogP contribution in [0.4, 0.5) is 10.5 Å². The van der Waals surface area contributed by atoms with E-state index in [2.05, 4.69) is 17.6 Å². The van der Waals surface area contributed by atoms with E-state index >= 15 is 0 Å². The number of hydrogen-bond donors (Lipinski definition) is 2. The smallest absolute Gasteiger partial charge is 0.408 e. The molecular weight excluding hydrogens is 466 g/mol. The number of ether oxygens (including phenoxy) is 1. The minimum atomic E-state index is -0.921. The van der Waals surface area contributed by atoms with Gasteiger partial charge in [-0.1, -0.05) is 56.3 Å². The summed E-state index contributed by atoms with van der Waals surface area (Å²) < 4.78 is 5.36. The van der Waals surface area contributed by atoms with Crippen LogP contribution in [0.1, 0.15) is 84.5 Å². The van der Waals surface area contributed by atoms with Gasteiger partial charge in [0.25, 0.3) is 5.91 Å². The van der Waals surface area contributed by atoms with Crippen LogP contribution in [0, 0.1) is 6.92 Å². The number of amides is 3. The van der Waals surface area contributed by atoms with E-state index in [-0.39, 0.29) is 11.8 Å². The van der Waals surface area contributed by atoms with E-state index in [1.54, 1.807) is 32.6 Å². The van der Waals surface area contributed by atoms with Crippen LogP contribution in [-0.4, -0.2) is 40.0 Å². The summed E-state index contributed by atoms with van der Waals surface area (Å²) in [7, 11) is 0. The number of carbonyl (C=O) groups is 3. The van der Waals surface area contributed by atoms with E-state index in [0.717, 1.165) is 17.5 Å². The fourth-order valence-electron chi connectivity index (χ4n) is 3.97. The topological polar surface area (TPSA) is 87.7 Å². The van der Waals surface area contributed by atoms with Gasteiger partial charge in [-0.05, 0) is 84.1 Å². The van der Waals surface area contributed by atoms with E-state index in [1.165, 1.54) is 0 Å². The molecule has 2 atom stereocenters. The molecule has 3 amide bonds. The Labute approximate surface area is 222 Å². The second-order valence-corrected chi connectivity index (χ2v) is 11.0. The van der Waals surface area contributed by atoms with Gasteiger partial charge in [0.1, 0.15) is 17.7 Å². The predicted molar refractivity (Wildman–Crippen MR) is 148 cm³/mol. The number of nitrogens with zero attached hydrogens (tertiary/aromatic N) is 1. The van der Waals surface area contributed by atoms with Crippen molar-refractivity contribution in [2.24, 2.45) is 0 Å². The van der Waals surface area contributed by atoms with Crippen LogP contribution in [0.25, 0.3) is 0 Å². The van der Waals surface area contributed by atoms with Crippen molar-refractivity contribution < 1.29 is 19.1 Å². The monoisotopic (exact) mass is 509 g/mol. The molecule has 0 heterocycles. The first-order chi connectivity index (χ1) is 17.2. The molecule has 2 N–H and O–H groups in total. The molecule has 0 spiro atoms. The van der Waals surface area contributed by atoms with E-state index in [4.69, 9.17) is 4.74 Å². The molecule has 0 saturated heterocycles. The molecule has 0 saturated carbocycles. The Morgan fingerprint density at radius 3 is 2.05 bits per heavy atom. The second-order valence-electron chi connectivity index (χ2n) is 11.0. The molecule has 0 fully saturated rings. The first kappa shape index (κ1) is 29.9. The molecule has 202 valence electrons. The highest BCUT2D eigenvalue weighted by Gasteiger charge is 2.42. The lowest BCUT2D eigenvalue weighted by Crippen LogP contribution is -2.58. The van der Waals surface area contributed by atoms with Crippen molar-refractivity contribution in [2.75, 3.05) is 5.32 Å². The zero-order valence-corrected chi connectivity index (χ0v) is 23.8. The summed E-state index contributed by atoms with van der Waals surface area (Å²) >= 11 is 0. The molecule has 0 bridgehead atoms. The average Bonchev–Trinajstić information content (AvgIpc) is 2.82. The van der Waals surface area contributed by atoms with Crippen LogP contribution in [0.15, 0.2) is 48.5 Å². The van der Waals surface area contributed by atoms with Crippen molar-refractivity contribution in [3.63, 3.8) is 0 Å². The maximum absolute atomic E-state index is 14.0. The molecule has 2 aromatic rings. The van der Waals surface area contributed by atoms with Gasteiger partial charge in [-0.25, -0.2) is 4.79 Å². The quantitative estimate of drug-likeness (QED) is 0.423. The molecule has 0 aliphatic carbocycles. The molecule has 2 rings (SSSR count). The zero-order valence-electron chi connectivity index (χ0n) is 23.8. The van der Waals surface area contributed by atoms with Crippen LogP contribution < -0.4 is 10.6 Å². The summed E-state index contributed by atoms with van der Waals surface area (Å²) in [6, 6.07) is 13.5. The van der Waals surface area contributed by atoms with Gasteiger partial charge in [-0.3, -0.25) is 9.59 Å². The third-order valence-electron chi connectivity index (χ3n) is 6.47. The van der Waals surface area contributed by atoms with Crippen molar-refractivity contribution in [3.05, 3.63) is 65.2 Å². The van der Waals surface area contributed by atoms with Gasteiger partial charge in [0.15, 0.2) is 0 Å². The minimum Gasteiger partial charge on any atom is -0.444 e. The van der Waals surface area contributed by atoms with Gasteiger partial charge < -0.3 is 20.3 Å². The van der Waals surface area contributed by atoms with Gasteiger partial charge in [0.2, 0.25) is 5.91 Å². The number of nitrogens with one attached hydrogen (secondary N) is 2. The fourth-order valence-corrected chi connectivity index (χ4v) is 3.97. The molecule has 0 radical (unpaired) electrons. The Morgan fingerprint density at radius 1 is 0.946 bits per heavy atom. The average molecular weight is 510 g/mol. The van der Waals surface area contributed by atoms with E-state index in [9.17, 15) is 14.4 Å². The predicted octanol–water partition coefficient (Wildman–Crippen LogP) is 6.17. The summed E-state index contributed by atoms with van der Waals surface area (Å²) in [6.07, 6.45) is 0.773. The molecule has 2 unspecified atom stereocenters. The standard InChI is InChI=1S/C30H43N3O4/c1-10-22-16-18-23(19-17-22)25(26(34)32-24-15-13-12-14-20(24)3)33(30(8,9)11-2)27(35)21(4)31-28(36)37-29(5,6)7/h12-19,21,25H,10-11H2,1-9H3,(H,31,36)(H,32,34). The lowest BCUT2D eigenvalue weighted by atomic mass is 9.91. The van der Waals surface area contributed by atoms with Crippen LogP contribution in [0.3, 0.4) is 0 Å². The van der Waals surface area contributed by atoms with Crippen LogP contribution >= 0.6 is 0 Å². The zero-order chi connectivity index (χ0) is 28.0. The van der Waals surface area contributed by atoms with Gasteiger partial charge in [0.05, 0.1) is 0 Å². The molecule has 2 aromatic carbocycles. The molecular formula is C30H43N3O4. The number of alkyl carbamates (subject to hydrolysis) is 1. The maximum atomic E-state index is 14.0. The van der Waals surface area contributed by atoms with E-state index < -0.39 is 29.3 Å². The molecule has 0 aromatic heterocycles. The minimum absolute atomic E-state index is 0.321. The van der Waals surface area contributed by atoms with Gasteiger partial charge >= 0.3 is 6.09 Å². The highest BCUT2D eigenvalue weighted by Crippen LogP contribution is 2.33. The molecule has 0 aliphatic rings. The number of rotatable bonds is 9. The van der Waals surface area contributed by atoms with Crippen molar-refractivity contribution >= 4 is 23.6 Å². The Balaban J connectivity index is 2.55.